The third-order valence-corrected chi connectivity index (χ3v) is 4.86. The maximum Gasteiger partial charge on any atom is 0.297 e. The largest absolute Gasteiger partial charge is 0.464 e. The zero-order valence-corrected chi connectivity index (χ0v) is 13.3. The van der Waals surface area contributed by atoms with E-state index in [1.165, 1.54) is 18.4 Å². The summed E-state index contributed by atoms with van der Waals surface area (Å²) in [5.74, 6) is 0. The van der Waals surface area contributed by atoms with Crippen molar-refractivity contribution >= 4 is 21.1 Å². The van der Waals surface area contributed by atoms with Crippen LogP contribution in [-0.4, -0.2) is 20.1 Å². The third-order valence-electron chi connectivity index (χ3n) is 3.56. The lowest BCUT2D eigenvalue weighted by atomic mass is 10.1. The van der Waals surface area contributed by atoms with Crippen LogP contribution in [0.4, 0.5) is 0 Å². The summed E-state index contributed by atoms with van der Waals surface area (Å²) in [5.41, 5.74) is 2.08. The maximum atomic E-state index is 12.1. The topological polar surface area (TPSA) is 76.7 Å². The van der Waals surface area contributed by atoms with Crippen LogP contribution in [0.1, 0.15) is 17.2 Å². The fourth-order valence-corrected chi connectivity index (χ4v) is 3.19. The van der Waals surface area contributed by atoms with Gasteiger partial charge < -0.3 is 9.52 Å². The van der Waals surface area contributed by atoms with Crippen molar-refractivity contribution in [2.75, 3.05) is 6.61 Å². The monoisotopic (exact) mass is 332 g/mol. The molecule has 1 atom stereocenters. The molecule has 1 N–H and O–H groups in total. The van der Waals surface area contributed by atoms with Gasteiger partial charge in [0.15, 0.2) is 0 Å². The van der Waals surface area contributed by atoms with Gasteiger partial charge >= 0.3 is 0 Å². The smallest absolute Gasteiger partial charge is 0.297 e. The van der Waals surface area contributed by atoms with Gasteiger partial charge in [0.2, 0.25) is 0 Å². The van der Waals surface area contributed by atoms with Gasteiger partial charge in [0.1, 0.15) is 11.7 Å². The van der Waals surface area contributed by atoms with E-state index in [9.17, 15) is 13.5 Å². The predicted molar refractivity (Wildman–Crippen MR) is 85.5 cm³/mol. The Hall–Kier alpha value is -2.15. The molecule has 0 aliphatic heterocycles. The second-order valence-electron chi connectivity index (χ2n) is 5.25. The molecule has 3 aromatic rings. The number of rotatable bonds is 5. The molecular weight excluding hydrogens is 316 g/mol. The molecular formula is C17H16O5S. The fourth-order valence-electron chi connectivity index (χ4n) is 2.27. The number of aliphatic hydroxyl groups excluding tert-OH is 1. The summed E-state index contributed by atoms with van der Waals surface area (Å²) in [7, 11) is -3.91. The molecule has 0 fully saturated rings. The Morgan fingerprint density at radius 2 is 1.83 bits per heavy atom. The number of hydrogen-bond donors (Lipinski definition) is 1. The molecule has 5 nitrogen and oxygen atoms in total. The SMILES string of the molecule is Cc1ccc(S(=O)(=O)OC[C@H](O)c2coc3ccccc23)cc1. The minimum absolute atomic E-state index is 0.0624. The molecule has 2 aromatic carbocycles. The van der Waals surface area contributed by atoms with Crippen molar-refractivity contribution in [1.82, 2.24) is 0 Å². The second-order valence-corrected chi connectivity index (χ2v) is 6.87. The van der Waals surface area contributed by atoms with Gasteiger partial charge in [-0.25, -0.2) is 0 Å². The highest BCUT2D eigenvalue weighted by Crippen LogP contribution is 2.27. The number of para-hydroxylation sites is 1. The zero-order valence-electron chi connectivity index (χ0n) is 12.5. The average Bonchev–Trinajstić information content (AvgIpc) is 2.97. The molecule has 0 saturated heterocycles. The molecule has 0 saturated carbocycles. The van der Waals surface area contributed by atoms with Gasteiger partial charge in [-0.1, -0.05) is 35.9 Å². The molecule has 6 heteroatoms. The van der Waals surface area contributed by atoms with Gasteiger partial charge in [-0.2, -0.15) is 8.42 Å². The Morgan fingerprint density at radius 1 is 1.13 bits per heavy atom. The molecule has 1 heterocycles. The van der Waals surface area contributed by atoms with E-state index in [-0.39, 0.29) is 11.5 Å². The van der Waals surface area contributed by atoms with Crippen LogP contribution in [0, 0.1) is 6.92 Å². The highest BCUT2D eigenvalue weighted by Gasteiger charge is 2.20. The number of benzene rings is 2. The number of aryl methyl sites for hydroxylation is 1. The number of furan rings is 1. The van der Waals surface area contributed by atoms with E-state index in [2.05, 4.69) is 0 Å². The van der Waals surface area contributed by atoms with E-state index in [0.717, 1.165) is 10.9 Å². The van der Waals surface area contributed by atoms with Gasteiger partial charge in [-0.15, -0.1) is 0 Å². The lowest BCUT2D eigenvalue weighted by Crippen LogP contribution is -2.13. The minimum Gasteiger partial charge on any atom is -0.464 e. The number of hydrogen-bond acceptors (Lipinski definition) is 5. The summed E-state index contributed by atoms with van der Waals surface area (Å²) in [5, 5.41) is 10.9. The van der Waals surface area contributed by atoms with Crippen molar-refractivity contribution in [2.24, 2.45) is 0 Å². The summed E-state index contributed by atoms with van der Waals surface area (Å²) >= 11 is 0. The van der Waals surface area contributed by atoms with Crippen molar-refractivity contribution in [3.63, 3.8) is 0 Å². The lowest BCUT2D eigenvalue weighted by Gasteiger charge is -2.10. The van der Waals surface area contributed by atoms with Gasteiger partial charge in [-0.05, 0) is 25.1 Å². The van der Waals surface area contributed by atoms with Crippen LogP contribution < -0.4 is 0 Å². The first-order valence-electron chi connectivity index (χ1n) is 7.08. The van der Waals surface area contributed by atoms with Crippen molar-refractivity contribution in [2.45, 2.75) is 17.9 Å². The molecule has 0 aliphatic rings. The van der Waals surface area contributed by atoms with Crippen LogP contribution in [-0.2, 0) is 14.3 Å². The zero-order chi connectivity index (χ0) is 16.4. The summed E-state index contributed by atoms with van der Waals surface area (Å²) in [6, 6.07) is 13.5. The average molecular weight is 332 g/mol. The fraction of sp³-hybridized carbons (Fsp3) is 0.176. The first-order valence-corrected chi connectivity index (χ1v) is 8.48. The molecule has 0 spiro atoms. The molecule has 120 valence electrons. The summed E-state index contributed by atoms with van der Waals surface area (Å²) in [4.78, 5) is 0.0624. The Balaban J connectivity index is 1.76. The maximum absolute atomic E-state index is 12.1. The molecule has 0 radical (unpaired) electrons. The van der Waals surface area contributed by atoms with Crippen LogP contribution in [0.5, 0.6) is 0 Å². The summed E-state index contributed by atoms with van der Waals surface area (Å²) in [6.45, 7) is 1.49. The Bertz CT molecular complexity index is 910. The van der Waals surface area contributed by atoms with Crippen LogP contribution >= 0.6 is 0 Å². The molecule has 1 aromatic heterocycles. The highest BCUT2D eigenvalue weighted by molar-refractivity contribution is 7.86. The van der Waals surface area contributed by atoms with Crippen LogP contribution in [0.3, 0.4) is 0 Å². The van der Waals surface area contributed by atoms with Crippen LogP contribution in [0.2, 0.25) is 0 Å². The summed E-state index contributed by atoms with van der Waals surface area (Å²) in [6.07, 6.45) is 0.316. The minimum atomic E-state index is -3.91. The van der Waals surface area contributed by atoms with Crippen molar-refractivity contribution in [1.29, 1.82) is 0 Å². The molecule has 0 bridgehead atoms. The normalized spacial score (nSPS) is 13.3. The van der Waals surface area contributed by atoms with Gasteiger partial charge in [0, 0.05) is 10.9 Å². The molecule has 0 amide bonds. The van der Waals surface area contributed by atoms with Gasteiger partial charge in [0.25, 0.3) is 10.1 Å². The first kappa shape index (κ1) is 15.7. The van der Waals surface area contributed by atoms with E-state index in [1.807, 2.05) is 19.1 Å². The predicted octanol–water partition coefficient (Wildman–Crippen LogP) is 3.18. The second kappa shape index (κ2) is 6.16. The first-order chi connectivity index (χ1) is 11.0. The Morgan fingerprint density at radius 3 is 2.57 bits per heavy atom. The van der Waals surface area contributed by atoms with E-state index >= 15 is 0 Å². The van der Waals surface area contributed by atoms with Crippen LogP contribution in [0.25, 0.3) is 11.0 Å². The van der Waals surface area contributed by atoms with Gasteiger partial charge in [0.05, 0.1) is 17.8 Å². The molecule has 0 aliphatic carbocycles. The van der Waals surface area contributed by atoms with Crippen molar-refractivity contribution in [3.05, 3.63) is 65.9 Å². The quantitative estimate of drug-likeness (QED) is 0.726. The molecule has 23 heavy (non-hydrogen) atoms. The van der Waals surface area contributed by atoms with Crippen molar-refractivity contribution in [3.8, 4) is 0 Å². The molecule has 0 unspecified atom stereocenters. The highest BCUT2D eigenvalue weighted by atomic mass is 32.2. The third kappa shape index (κ3) is 3.29. The standard InChI is InChI=1S/C17H16O5S/c1-12-6-8-13(9-7-12)23(19,20)22-11-16(18)15-10-21-17-5-3-2-4-14(15)17/h2-10,16,18H,11H2,1H3/t16-/m0/s1. The van der Waals surface area contributed by atoms with Crippen molar-refractivity contribution < 1.29 is 22.1 Å². The lowest BCUT2D eigenvalue weighted by molar-refractivity contribution is 0.112. The Kier molecular flexibility index (Phi) is 4.21. The van der Waals surface area contributed by atoms with E-state index in [0.29, 0.717) is 11.1 Å². The van der Waals surface area contributed by atoms with E-state index in [1.54, 1.807) is 24.3 Å². The number of fused-ring (bicyclic) bond motifs is 1. The van der Waals surface area contributed by atoms with Crippen LogP contribution in [0.15, 0.2) is 64.1 Å². The van der Waals surface area contributed by atoms with Gasteiger partial charge in [-0.3, -0.25) is 4.18 Å². The Labute approximate surface area is 134 Å². The number of aliphatic hydroxyl groups is 1. The van der Waals surface area contributed by atoms with E-state index < -0.39 is 16.2 Å². The molecule has 3 rings (SSSR count). The summed E-state index contributed by atoms with van der Waals surface area (Å²) < 4.78 is 34.6. The van der Waals surface area contributed by atoms with E-state index in [4.69, 9.17) is 8.60 Å².